The Hall–Kier alpha value is -2.41. The first-order valence-corrected chi connectivity index (χ1v) is 8.15. The number of aliphatic hydroxyl groups excluding tert-OH is 1. The number of pyridine rings is 1. The summed E-state index contributed by atoms with van der Waals surface area (Å²) in [4.78, 5) is 27.5. The molecule has 0 saturated heterocycles. The molecule has 1 aliphatic rings. The number of carbonyl (C=O) groups excluding carboxylic acids is 1. The summed E-state index contributed by atoms with van der Waals surface area (Å²) < 4.78 is 4.95. The van der Waals surface area contributed by atoms with Gasteiger partial charge in [-0.1, -0.05) is 6.07 Å². The summed E-state index contributed by atoms with van der Waals surface area (Å²) in [6.07, 6.45) is 4.12. The molecule has 2 aromatic rings. The SMILES string of the molecule is O=C(CCc1cc(=O)[nH]o1)N[C@H](Cc1ccccn1)C1CC(O)C1. The summed E-state index contributed by atoms with van der Waals surface area (Å²) in [7, 11) is 0. The van der Waals surface area contributed by atoms with E-state index in [-0.39, 0.29) is 36.0 Å². The van der Waals surface area contributed by atoms with Crippen molar-refractivity contribution in [3.8, 4) is 0 Å². The van der Waals surface area contributed by atoms with E-state index < -0.39 is 0 Å². The molecule has 1 atom stereocenters. The number of nitrogens with zero attached hydrogens (tertiary/aromatic N) is 1. The zero-order valence-corrected chi connectivity index (χ0v) is 13.3. The molecule has 24 heavy (non-hydrogen) atoms. The molecular weight excluding hydrogens is 310 g/mol. The molecule has 1 fully saturated rings. The lowest BCUT2D eigenvalue weighted by Gasteiger charge is -2.38. The number of rotatable bonds is 7. The molecule has 1 aliphatic carbocycles. The first-order chi connectivity index (χ1) is 11.6. The molecule has 3 rings (SSSR count). The lowest BCUT2D eigenvalue weighted by molar-refractivity contribution is -0.123. The normalized spacial score (nSPS) is 21.0. The van der Waals surface area contributed by atoms with Gasteiger partial charge in [-0.15, -0.1) is 0 Å². The van der Waals surface area contributed by atoms with Crippen LogP contribution in [0.25, 0.3) is 0 Å². The van der Waals surface area contributed by atoms with Crippen molar-refractivity contribution in [3.05, 3.63) is 52.3 Å². The Labute approximate surface area is 139 Å². The predicted molar refractivity (Wildman–Crippen MR) is 86.3 cm³/mol. The monoisotopic (exact) mass is 331 g/mol. The smallest absolute Gasteiger partial charge is 0.280 e. The molecule has 1 saturated carbocycles. The number of amides is 1. The number of hydrogen-bond donors (Lipinski definition) is 3. The fourth-order valence-electron chi connectivity index (χ4n) is 3.00. The topological polar surface area (TPSA) is 108 Å². The number of aromatic nitrogens is 2. The third-order valence-corrected chi connectivity index (χ3v) is 4.39. The van der Waals surface area contributed by atoms with Crippen LogP contribution in [0.2, 0.25) is 0 Å². The zero-order valence-electron chi connectivity index (χ0n) is 13.3. The van der Waals surface area contributed by atoms with Gasteiger partial charge < -0.3 is 14.9 Å². The van der Waals surface area contributed by atoms with Crippen LogP contribution in [0.15, 0.2) is 39.8 Å². The third-order valence-electron chi connectivity index (χ3n) is 4.39. The minimum atomic E-state index is -0.304. The van der Waals surface area contributed by atoms with Gasteiger partial charge in [-0.3, -0.25) is 14.6 Å². The Morgan fingerprint density at radius 2 is 2.29 bits per heavy atom. The van der Waals surface area contributed by atoms with E-state index >= 15 is 0 Å². The first-order valence-electron chi connectivity index (χ1n) is 8.15. The quantitative estimate of drug-likeness (QED) is 0.695. The molecule has 128 valence electrons. The summed E-state index contributed by atoms with van der Waals surface area (Å²) in [6, 6.07) is 7.01. The van der Waals surface area contributed by atoms with Crippen LogP contribution in [0, 0.1) is 5.92 Å². The average molecular weight is 331 g/mol. The molecule has 0 spiro atoms. The van der Waals surface area contributed by atoms with E-state index in [4.69, 9.17) is 4.52 Å². The van der Waals surface area contributed by atoms with E-state index in [9.17, 15) is 14.7 Å². The summed E-state index contributed by atoms with van der Waals surface area (Å²) in [6.45, 7) is 0. The van der Waals surface area contributed by atoms with Gasteiger partial charge in [-0.25, -0.2) is 0 Å². The van der Waals surface area contributed by atoms with Gasteiger partial charge in [0.05, 0.1) is 6.10 Å². The second kappa shape index (κ2) is 7.44. The number of aliphatic hydroxyl groups is 1. The molecule has 3 N–H and O–H groups in total. The highest BCUT2D eigenvalue weighted by molar-refractivity contribution is 5.76. The van der Waals surface area contributed by atoms with Crippen LogP contribution in [0.3, 0.4) is 0 Å². The molecule has 0 aromatic carbocycles. The molecule has 2 aromatic heterocycles. The Bertz CT molecular complexity index is 719. The Morgan fingerprint density at radius 3 is 2.92 bits per heavy atom. The lowest BCUT2D eigenvalue weighted by Crippen LogP contribution is -2.48. The van der Waals surface area contributed by atoms with Gasteiger partial charge >= 0.3 is 0 Å². The predicted octanol–water partition coefficient (Wildman–Crippen LogP) is 0.794. The van der Waals surface area contributed by atoms with Crippen LogP contribution in [-0.4, -0.2) is 33.3 Å². The molecule has 7 heteroatoms. The van der Waals surface area contributed by atoms with E-state index in [1.165, 1.54) is 6.07 Å². The van der Waals surface area contributed by atoms with Crippen LogP contribution in [-0.2, 0) is 17.6 Å². The molecule has 1 amide bonds. The van der Waals surface area contributed by atoms with Crippen LogP contribution in [0.1, 0.15) is 30.7 Å². The van der Waals surface area contributed by atoms with Gasteiger partial charge in [0, 0.05) is 43.3 Å². The minimum absolute atomic E-state index is 0.0472. The summed E-state index contributed by atoms with van der Waals surface area (Å²) in [5.74, 6) is 0.632. The minimum Gasteiger partial charge on any atom is -0.393 e. The molecule has 7 nitrogen and oxygen atoms in total. The standard InChI is InChI=1S/C17H21N3O4/c21-13-7-11(8-13)15(9-12-3-1-2-6-18-12)19-16(22)5-4-14-10-17(23)20-24-14/h1-3,6,10-11,13,15,21H,4-5,7-9H2,(H,19,22)(H,20,23)/t11?,13?,15-/m1/s1. The van der Waals surface area contributed by atoms with Gasteiger partial charge in [0.25, 0.3) is 5.56 Å². The Morgan fingerprint density at radius 1 is 1.46 bits per heavy atom. The van der Waals surface area contributed by atoms with E-state index in [0.717, 1.165) is 5.69 Å². The highest BCUT2D eigenvalue weighted by atomic mass is 16.5. The van der Waals surface area contributed by atoms with Crippen molar-refractivity contribution in [2.45, 2.75) is 44.2 Å². The molecule has 0 aliphatic heterocycles. The number of hydrogen-bond acceptors (Lipinski definition) is 5. The van der Waals surface area contributed by atoms with Crippen molar-refractivity contribution in [2.24, 2.45) is 5.92 Å². The maximum Gasteiger partial charge on any atom is 0.280 e. The van der Waals surface area contributed by atoms with Crippen molar-refractivity contribution in [1.29, 1.82) is 0 Å². The molecule has 0 bridgehead atoms. The summed E-state index contributed by atoms with van der Waals surface area (Å²) >= 11 is 0. The third kappa shape index (κ3) is 4.32. The van der Waals surface area contributed by atoms with Crippen LogP contribution >= 0.6 is 0 Å². The summed E-state index contributed by atoms with van der Waals surface area (Å²) in [5.41, 5.74) is 0.614. The molecule has 0 radical (unpaired) electrons. The van der Waals surface area contributed by atoms with E-state index in [1.807, 2.05) is 18.2 Å². The fourth-order valence-corrected chi connectivity index (χ4v) is 3.00. The van der Waals surface area contributed by atoms with Gasteiger partial charge in [0.15, 0.2) is 0 Å². The van der Waals surface area contributed by atoms with E-state index in [1.54, 1.807) is 6.20 Å². The molecular formula is C17H21N3O4. The van der Waals surface area contributed by atoms with Crippen LogP contribution in [0.5, 0.6) is 0 Å². The maximum atomic E-state index is 12.2. The average Bonchev–Trinajstić information content (AvgIpc) is 2.96. The second-order valence-corrected chi connectivity index (χ2v) is 6.26. The number of carbonyl (C=O) groups is 1. The number of nitrogens with one attached hydrogen (secondary N) is 2. The fraction of sp³-hybridized carbons (Fsp3) is 0.471. The van der Waals surface area contributed by atoms with Crippen LogP contribution in [0.4, 0.5) is 0 Å². The zero-order chi connectivity index (χ0) is 16.9. The first kappa shape index (κ1) is 16.4. The van der Waals surface area contributed by atoms with E-state index in [2.05, 4.69) is 15.5 Å². The van der Waals surface area contributed by atoms with Gasteiger partial charge in [-0.2, -0.15) is 5.16 Å². The van der Waals surface area contributed by atoms with E-state index in [0.29, 0.717) is 31.4 Å². The van der Waals surface area contributed by atoms with Crippen molar-refractivity contribution >= 4 is 5.91 Å². The molecule has 0 unspecified atom stereocenters. The summed E-state index contributed by atoms with van der Waals surface area (Å²) in [5, 5.41) is 14.8. The maximum absolute atomic E-state index is 12.2. The van der Waals surface area contributed by atoms with Crippen molar-refractivity contribution in [3.63, 3.8) is 0 Å². The van der Waals surface area contributed by atoms with Crippen molar-refractivity contribution in [1.82, 2.24) is 15.5 Å². The number of H-pyrrole nitrogens is 1. The second-order valence-electron chi connectivity index (χ2n) is 6.26. The Balaban J connectivity index is 1.56. The lowest BCUT2D eigenvalue weighted by atomic mass is 9.76. The van der Waals surface area contributed by atoms with Crippen molar-refractivity contribution < 1.29 is 14.4 Å². The van der Waals surface area contributed by atoms with Crippen LogP contribution < -0.4 is 10.9 Å². The van der Waals surface area contributed by atoms with Gasteiger partial charge in [0.1, 0.15) is 5.76 Å². The largest absolute Gasteiger partial charge is 0.393 e. The Kier molecular flexibility index (Phi) is 5.10. The highest BCUT2D eigenvalue weighted by Crippen LogP contribution is 2.31. The highest BCUT2D eigenvalue weighted by Gasteiger charge is 2.34. The van der Waals surface area contributed by atoms with Gasteiger partial charge in [0.2, 0.25) is 5.91 Å². The number of aromatic amines is 1. The van der Waals surface area contributed by atoms with Crippen molar-refractivity contribution in [2.75, 3.05) is 0 Å². The van der Waals surface area contributed by atoms with Gasteiger partial charge in [-0.05, 0) is 30.9 Å². The number of aryl methyl sites for hydroxylation is 1. The molecule has 2 heterocycles.